The molecule has 0 unspecified atom stereocenters. The Balaban J connectivity index is 2.18. The number of aryl methyl sites for hydroxylation is 1. The number of carbonyl (C=O) groups is 1. The average Bonchev–Trinajstić information content (AvgIpc) is 2.40. The molecule has 2 N–H and O–H groups in total. The summed E-state index contributed by atoms with van der Waals surface area (Å²) in [4.78, 5) is 16.3. The topological polar surface area (TPSA) is 54.0 Å². The number of pyridine rings is 1. The quantitative estimate of drug-likeness (QED) is 0.903. The van der Waals surface area contributed by atoms with E-state index in [0.717, 1.165) is 16.9 Å². The normalized spacial score (nSPS) is 11.0. The van der Waals surface area contributed by atoms with Crippen molar-refractivity contribution in [2.75, 3.05) is 5.32 Å². The molecule has 0 bridgehead atoms. The average molecular weight is 283 g/mol. The molecule has 1 aromatic carbocycles. The van der Waals surface area contributed by atoms with Crippen LogP contribution in [-0.4, -0.2) is 16.4 Å². The zero-order valence-corrected chi connectivity index (χ0v) is 12.9. The van der Waals surface area contributed by atoms with Crippen LogP contribution in [0.2, 0.25) is 0 Å². The van der Waals surface area contributed by atoms with E-state index in [0.29, 0.717) is 5.56 Å². The van der Waals surface area contributed by atoms with Gasteiger partial charge in [-0.2, -0.15) is 0 Å². The smallest absolute Gasteiger partial charge is 0.253 e. The lowest BCUT2D eigenvalue weighted by Gasteiger charge is -2.20. The van der Waals surface area contributed by atoms with E-state index in [9.17, 15) is 4.79 Å². The van der Waals surface area contributed by atoms with E-state index in [1.807, 2.05) is 52.0 Å². The van der Waals surface area contributed by atoms with E-state index in [2.05, 4.69) is 15.6 Å². The number of carbonyl (C=O) groups excluding carboxylic acids is 1. The number of benzene rings is 1. The first-order valence-electron chi connectivity index (χ1n) is 6.95. The van der Waals surface area contributed by atoms with Crippen LogP contribution in [-0.2, 0) is 0 Å². The molecule has 110 valence electrons. The molecule has 21 heavy (non-hydrogen) atoms. The molecule has 4 nitrogen and oxygen atoms in total. The van der Waals surface area contributed by atoms with Crippen LogP contribution in [0.15, 0.2) is 42.7 Å². The van der Waals surface area contributed by atoms with E-state index in [4.69, 9.17) is 0 Å². The minimum Gasteiger partial charge on any atom is -0.354 e. The summed E-state index contributed by atoms with van der Waals surface area (Å²) in [5, 5.41) is 6.22. The summed E-state index contributed by atoms with van der Waals surface area (Å²) in [6.07, 6.45) is 3.28. The van der Waals surface area contributed by atoms with E-state index >= 15 is 0 Å². The summed E-state index contributed by atoms with van der Waals surface area (Å²) in [7, 11) is 0. The van der Waals surface area contributed by atoms with E-state index < -0.39 is 0 Å². The maximum atomic E-state index is 12.2. The van der Waals surface area contributed by atoms with Crippen molar-refractivity contribution >= 4 is 17.3 Å². The molecule has 0 aliphatic carbocycles. The van der Waals surface area contributed by atoms with Gasteiger partial charge in [-0.05, 0) is 45.4 Å². The fourth-order valence-electron chi connectivity index (χ4n) is 1.91. The first-order valence-corrected chi connectivity index (χ1v) is 6.95. The molecule has 0 fully saturated rings. The predicted molar refractivity (Wildman–Crippen MR) is 85.9 cm³/mol. The molecular weight excluding hydrogens is 262 g/mol. The Hall–Kier alpha value is -2.36. The summed E-state index contributed by atoms with van der Waals surface area (Å²) in [5.74, 6) is -0.122. The third-order valence-electron chi connectivity index (χ3n) is 2.91. The minimum absolute atomic E-state index is 0.122. The molecule has 2 aromatic rings. The number of amides is 1. The first-order chi connectivity index (χ1) is 9.85. The Morgan fingerprint density at radius 1 is 1.14 bits per heavy atom. The van der Waals surface area contributed by atoms with Gasteiger partial charge in [0, 0.05) is 17.4 Å². The molecular formula is C17H21N3O. The minimum atomic E-state index is -0.267. The van der Waals surface area contributed by atoms with Gasteiger partial charge < -0.3 is 10.6 Å². The van der Waals surface area contributed by atoms with Crippen LogP contribution >= 0.6 is 0 Å². The second-order valence-corrected chi connectivity index (χ2v) is 6.11. The van der Waals surface area contributed by atoms with Crippen molar-refractivity contribution in [2.24, 2.45) is 0 Å². The maximum absolute atomic E-state index is 12.2. The molecule has 2 rings (SSSR count). The summed E-state index contributed by atoms with van der Waals surface area (Å²) < 4.78 is 0. The molecule has 4 heteroatoms. The van der Waals surface area contributed by atoms with Crippen LogP contribution in [0.3, 0.4) is 0 Å². The van der Waals surface area contributed by atoms with E-state index in [1.54, 1.807) is 18.5 Å². The van der Waals surface area contributed by atoms with Gasteiger partial charge in [0.05, 0.1) is 17.4 Å². The summed E-state index contributed by atoms with van der Waals surface area (Å²) in [6.45, 7) is 7.89. The van der Waals surface area contributed by atoms with Crippen LogP contribution < -0.4 is 10.6 Å². The standard InChI is InChI=1S/C17H21N3O/c1-12-7-5-6-8-15(12)19-14-9-13(10-18-11-14)16(21)20-17(2,3)4/h5-11,19H,1-4H3,(H,20,21). The van der Waals surface area contributed by atoms with Gasteiger partial charge in [-0.25, -0.2) is 0 Å². The van der Waals surface area contributed by atoms with Crippen molar-refractivity contribution in [2.45, 2.75) is 33.2 Å². The second kappa shape index (κ2) is 5.95. The van der Waals surface area contributed by atoms with Crippen molar-refractivity contribution in [1.29, 1.82) is 0 Å². The molecule has 0 radical (unpaired) electrons. The number of para-hydroxylation sites is 1. The predicted octanol–water partition coefficient (Wildman–Crippen LogP) is 3.66. The number of hydrogen-bond donors (Lipinski definition) is 2. The van der Waals surface area contributed by atoms with Crippen molar-refractivity contribution < 1.29 is 4.79 Å². The van der Waals surface area contributed by atoms with Gasteiger partial charge >= 0.3 is 0 Å². The molecule has 0 atom stereocenters. The number of nitrogens with zero attached hydrogens (tertiary/aromatic N) is 1. The molecule has 0 saturated carbocycles. The molecule has 1 amide bonds. The van der Waals surface area contributed by atoms with Gasteiger partial charge in [0.2, 0.25) is 0 Å². The Kier molecular flexibility index (Phi) is 4.26. The summed E-state index contributed by atoms with van der Waals surface area (Å²) in [5.41, 5.74) is 3.22. The Labute approximate surface area is 125 Å². The number of anilines is 2. The van der Waals surface area contributed by atoms with Gasteiger partial charge in [-0.15, -0.1) is 0 Å². The van der Waals surface area contributed by atoms with Gasteiger partial charge in [-0.3, -0.25) is 9.78 Å². The van der Waals surface area contributed by atoms with Gasteiger partial charge in [0.1, 0.15) is 0 Å². The van der Waals surface area contributed by atoms with Crippen LogP contribution in [0.1, 0.15) is 36.7 Å². The molecule has 0 spiro atoms. The monoisotopic (exact) mass is 283 g/mol. The van der Waals surface area contributed by atoms with Crippen LogP contribution in [0.4, 0.5) is 11.4 Å². The first kappa shape index (κ1) is 15.0. The highest BCUT2D eigenvalue weighted by molar-refractivity contribution is 5.95. The highest BCUT2D eigenvalue weighted by atomic mass is 16.1. The van der Waals surface area contributed by atoms with Crippen LogP contribution in [0, 0.1) is 6.92 Å². The van der Waals surface area contributed by atoms with Crippen molar-refractivity contribution in [3.8, 4) is 0 Å². The van der Waals surface area contributed by atoms with Gasteiger partial charge in [0.25, 0.3) is 5.91 Å². The van der Waals surface area contributed by atoms with Crippen molar-refractivity contribution in [3.05, 3.63) is 53.9 Å². The lowest BCUT2D eigenvalue weighted by Crippen LogP contribution is -2.40. The number of hydrogen-bond acceptors (Lipinski definition) is 3. The molecule has 0 saturated heterocycles. The largest absolute Gasteiger partial charge is 0.354 e. The highest BCUT2D eigenvalue weighted by Crippen LogP contribution is 2.20. The van der Waals surface area contributed by atoms with E-state index in [-0.39, 0.29) is 11.4 Å². The highest BCUT2D eigenvalue weighted by Gasteiger charge is 2.15. The number of rotatable bonds is 3. The fraction of sp³-hybridized carbons (Fsp3) is 0.294. The number of aromatic nitrogens is 1. The lowest BCUT2D eigenvalue weighted by molar-refractivity contribution is 0.0919. The summed E-state index contributed by atoms with van der Waals surface area (Å²) >= 11 is 0. The van der Waals surface area contributed by atoms with E-state index in [1.165, 1.54) is 0 Å². The molecule has 1 aromatic heterocycles. The second-order valence-electron chi connectivity index (χ2n) is 6.11. The number of nitrogens with one attached hydrogen (secondary N) is 2. The lowest BCUT2D eigenvalue weighted by atomic mass is 10.1. The molecule has 0 aliphatic rings. The molecule has 1 heterocycles. The zero-order chi connectivity index (χ0) is 15.5. The summed E-state index contributed by atoms with van der Waals surface area (Å²) in [6, 6.07) is 9.80. The SMILES string of the molecule is Cc1ccccc1Nc1cncc(C(=O)NC(C)(C)C)c1. The Bertz CT molecular complexity index is 644. The van der Waals surface area contributed by atoms with Crippen molar-refractivity contribution in [1.82, 2.24) is 10.3 Å². The Morgan fingerprint density at radius 2 is 1.86 bits per heavy atom. The van der Waals surface area contributed by atoms with Crippen LogP contribution in [0.5, 0.6) is 0 Å². The maximum Gasteiger partial charge on any atom is 0.253 e. The van der Waals surface area contributed by atoms with Gasteiger partial charge in [-0.1, -0.05) is 18.2 Å². The Morgan fingerprint density at radius 3 is 2.52 bits per heavy atom. The van der Waals surface area contributed by atoms with Crippen LogP contribution in [0.25, 0.3) is 0 Å². The zero-order valence-electron chi connectivity index (χ0n) is 12.9. The third-order valence-corrected chi connectivity index (χ3v) is 2.91. The van der Waals surface area contributed by atoms with Gasteiger partial charge in [0.15, 0.2) is 0 Å². The molecule has 0 aliphatic heterocycles. The fourth-order valence-corrected chi connectivity index (χ4v) is 1.91. The van der Waals surface area contributed by atoms with Crippen molar-refractivity contribution in [3.63, 3.8) is 0 Å². The third kappa shape index (κ3) is 4.31.